The molecule has 3 aromatic rings. The van der Waals surface area contributed by atoms with Crippen LogP contribution in [0.1, 0.15) is 38.3 Å². The lowest BCUT2D eigenvalue weighted by molar-refractivity contribution is -0.139. The summed E-state index contributed by atoms with van der Waals surface area (Å²) in [5, 5.41) is 3.40. The van der Waals surface area contributed by atoms with Crippen LogP contribution in [-0.2, 0) is 26.2 Å². The van der Waals surface area contributed by atoms with E-state index in [1.54, 1.807) is 67.6 Å². The molecule has 0 spiro atoms. The van der Waals surface area contributed by atoms with Crippen LogP contribution in [0.25, 0.3) is 0 Å². The first-order chi connectivity index (χ1) is 19.0. The fourth-order valence-corrected chi connectivity index (χ4v) is 5.63. The highest BCUT2D eigenvalue weighted by molar-refractivity contribution is 7.92. The van der Waals surface area contributed by atoms with Crippen LogP contribution in [0.2, 0.25) is 5.02 Å². The van der Waals surface area contributed by atoms with E-state index >= 15 is 0 Å². The van der Waals surface area contributed by atoms with E-state index < -0.39 is 28.5 Å². The summed E-state index contributed by atoms with van der Waals surface area (Å²) in [4.78, 5) is 28.5. The van der Waals surface area contributed by atoms with Gasteiger partial charge in [-0.1, -0.05) is 54.4 Å². The lowest BCUT2D eigenvalue weighted by atomic mass is 10.1. The summed E-state index contributed by atoms with van der Waals surface area (Å²) in [6.07, 6.45) is 0.721. The molecule has 0 heterocycles. The number of hydrogen-bond acceptors (Lipinski definition) is 5. The van der Waals surface area contributed by atoms with Gasteiger partial charge in [0.25, 0.3) is 10.0 Å². The van der Waals surface area contributed by atoms with Crippen LogP contribution in [0.5, 0.6) is 5.75 Å². The molecule has 3 rings (SSSR count). The number of methoxy groups -OCH3 is 1. The number of sulfonamides is 1. The van der Waals surface area contributed by atoms with Crippen LogP contribution >= 0.6 is 11.6 Å². The number of anilines is 1. The number of nitrogens with zero attached hydrogens (tertiary/aromatic N) is 2. The standard InChI is InChI=1S/C30H36ClN3O5S/c1-6-22(3)32-30(36)23(4)33(19-24-9-7-10-25(31)17-24)29(35)20-34(26-11-8-12-27(18-26)39-5)40(37,38)28-15-13-21(2)14-16-28/h7-18,22-23H,6,19-20H2,1-5H3,(H,32,36)/t22-,23-/m0/s1. The number of aryl methyl sites for hydroxylation is 1. The summed E-state index contributed by atoms with van der Waals surface area (Å²) in [5.74, 6) is -0.449. The second kappa shape index (κ2) is 13.7. The minimum Gasteiger partial charge on any atom is -0.497 e. The zero-order valence-electron chi connectivity index (χ0n) is 23.4. The Kier molecular flexibility index (Phi) is 10.6. The third kappa shape index (κ3) is 7.76. The summed E-state index contributed by atoms with van der Waals surface area (Å²) in [6.45, 7) is 6.85. The Balaban J connectivity index is 2.05. The van der Waals surface area contributed by atoms with Gasteiger partial charge >= 0.3 is 0 Å². The molecule has 2 atom stereocenters. The van der Waals surface area contributed by atoms with Gasteiger partial charge in [-0.25, -0.2) is 8.42 Å². The maximum absolute atomic E-state index is 14.0. The topological polar surface area (TPSA) is 96.0 Å². The largest absolute Gasteiger partial charge is 0.497 e. The van der Waals surface area contributed by atoms with Gasteiger partial charge in [0.2, 0.25) is 11.8 Å². The minimum atomic E-state index is -4.16. The Morgan fingerprint density at radius 2 is 1.68 bits per heavy atom. The van der Waals surface area contributed by atoms with Crippen LogP contribution < -0.4 is 14.4 Å². The van der Waals surface area contributed by atoms with E-state index in [1.807, 2.05) is 20.8 Å². The summed E-state index contributed by atoms with van der Waals surface area (Å²) in [7, 11) is -2.68. The Labute approximate surface area is 241 Å². The lowest BCUT2D eigenvalue weighted by Crippen LogP contribution is -2.52. The summed E-state index contributed by atoms with van der Waals surface area (Å²) in [6, 6.07) is 18.9. The second-order valence-electron chi connectivity index (χ2n) is 9.67. The molecular formula is C30H36ClN3O5S. The van der Waals surface area contributed by atoms with Crippen molar-refractivity contribution in [2.24, 2.45) is 0 Å². The molecule has 10 heteroatoms. The van der Waals surface area contributed by atoms with Gasteiger partial charge in [0.1, 0.15) is 18.3 Å². The number of rotatable bonds is 12. The number of nitrogens with one attached hydrogen (secondary N) is 1. The van der Waals surface area contributed by atoms with E-state index in [1.165, 1.54) is 24.1 Å². The van der Waals surface area contributed by atoms with Crippen LogP contribution in [0.3, 0.4) is 0 Å². The molecule has 0 unspecified atom stereocenters. The Hall–Kier alpha value is -3.56. The molecule has 0 radical (unpaired) electrons. The molecule has 0 fully saturated rings. The van der Waals surface area contributed by atoms with Crippen molar-refractivity contribution in [1.29, 1.82) is 0 Å². The van der Waals surface area contributed by atoms with Crippen molar-refractivity contribution in [2.45, 2.75) is 57.6 Å². The van der Waals surface area contributed by atoms with Gasteiger partial charge in [0.15, 0.2) is 0 Å². The fourth-order valence-electron chi connectivity index (χ4n) is 4.01. The summed E-state index contributed by atoms with van der Waals surface area (Å²) in [5.41, 5.74) is 1.86. The number of amides is 2. The second-order valence-corrected chi connectivity index (χ2v) is 12.0. The number of halogens is 1. The van der Waals surface area contributed by atoms with Crippen molar-refractivity contribution in [2.75, 3.05) is 18.0 Å². The third-order valence-electron chi connectivity index (χ3n) is 6.64. The molecule has 0 saturated heterocycles. The highest BCUT2D eigenvalue weighted by atomic mass is 35.5. The predicted octanol–water partition coefficient (Wildman–Crippen LogP) is 5.18. The van der Waals surface area contributed by atoms with Crippen LogP contribution in [0, 0.1) is 6.92 Å². The molecule has 40 heavy (non-hydrogen) atoms. The smallest absolute Gasteiger partial charge is 0.264 e. The van der Waals surface area contributed by atoms with Gasteiger partial charge in [-0.2, -0.15) is 0 Å². The molecule has 1 N–H and O–H groups in total. The highest BCUT2D eigenvalue weighted by Gasteiger charge is 2.33. The first kappa shape index (κ1) is 31.0. The van der Waals surface area contributed by atoms with Gasteiger partial charge < -0.3 is 15.0 Å². The van der Waals surface area contributed by atoms with E-state index in [0.717, 1.165) is 16.3 Å². The van der Waals surface area contributed by atoms with Crippen molar-refractivity contribution >= 4 is 39.1 Å². The first-order valence-electron chi connectivity index (χ1n) is 13.0. The van der Waals surface area contributed by atoms with Crippen molar-refractivity contribution in [1.82, 2.24) is 10.2 Å². The molecule has 0 aliphatic rings. The van der Waals surface area contributed by atoms with Gasteiger partial charge in [-0.05, 0) is 69.2 Å². The van der Waals surface area contributed by atoms with E-state index in [0.29, 0.717) is 16.3 Å². The van der Waals surface area contributed by atoms with E-state index in [-0.39, 0.29) is 29.1 Å². The fraction of sp³-hybridized carbons (Fsp3) is 0.333. The van der Waals surface area contributed by atoms with Gasteiger partial charge in [-0.15, -0.1) is 0 Å². The van der Waals surface area contributed by atoms with E-state index in [4.69, 9.17) is 16.3 Å². The van der Waals surface area contributed by atoms with Gasteiger partial charge in [0.05, 0.1) is 17.7 Å². The zero-order chi connectivity index (χ0) is 29.4. The molecule has 0 saturated carbocycles. The molecule has 214 valence electrons. The quantitative estimate of drug-likeness (QED) is 0.316. The Bertz CT molecular complexity index is 1430. The molecule has 0 aliphatic carbocycles. The number of carbonyl (C=O) groups is 2. The number of hydrogen-bond donors (Lipinski definition) is 1. The predicted molar refractivity (Wildman–Crippen MR) is 158 cm³/mol. The summed E-state index contributed by atoms with van der Waals surface area (Å²) < 4.78 is 34.2. The zero-order valence-corrected chi connectivity index (χ0v) is 25.0. The molecule has 8 nitrogen and oxygen atoms in total. The molecule has 0 bridgehead atoms. The Morgan fingerprint density at radius 3 is 2.30 bits per heavy atom. The minimum absolute atomic E-state index is 0.0395. The van der Waals surface area contributed by atoms with E-state index in [9.17, 15) is 18.0 Å². The average molecular weight is 586 g/mol. The normalized spacial score (nSPS) is 12.8. The first-order valence-corrected chi connectivity index (χ1v) is 14.9. The third-order valence-corrected chi connectivity index (χ3v) is 8.66. The molecular weight excluding hydrogens is 550 g/mol. The van der Waals surface area contributed by atoms with Crippen molar-refractivity contribution in [3.05, 3.63) is 88.9 Å². The lowest BCUT2D eigenvalue weighted by Gasteiger charge is -2.32. The number of ether oxygens (including phenoxy) is 1. The van der Waals surface area contributed by atoms with Crippen LogP contribution in [0.4, 0.5) is 5.69 Å². The summed E-state index contributed by atoms with van der Waals surface area (Å²) >= 11 is 6.19. The molecule has 2 amide bonds. The van der Waals surface area contributed by atoms with Crippen molar-refractivity contribution < 1.29 is 22.7 Å². The van der Waals surface area contributed by atoms with Gasteiger partial charge in [0, 0.05) is 23.7 Å². The van der Waals surface area contributed by atoms with Gasteiger partial charge in [-0.3, -0.25) is 13.9 Å². The monoisotopic (exact) mass is 585 g/mol. The van der Waals surface area contributed by atoms with Crippen LogP contribution in [-0.4, -0.2) is 50.9 Å². The average Bonchev–Trinajstić information content (AvgIpc) is 2.94. The van der Waals surface area contributed by atoms with Crippen molar-refractivity contribution in [3.8, 4) is 5.75 Å². The molecule has 0 aromatic heterocycles. The maximum atomic E-state index is 14.0. The van der Waals surface area contributed by atoms with Crippen molar-refractivity contribution in [3.63, 3.8) is 0 Å². The van der Waals surface area contributed by atoms with E-state index in [2.05, 4.69) is 5.32 Å². The highest BCUT2D eigenvalue weighted by Crippen LogP contribution is 2.28. The maximum Gasteiger partial charge on any atom is 0.264 e. The Morgan fingerprint density at radius 1 is 1.00 bits per heavy atom. The molecule has 3 aromatic carbocycles. The molecule has 0 aliphatic heterocycles. The SMILES string of the molecule is CC[C@H](C)NC(=O)[C@H](C)N(Cc1cccc(Cl)c1)C(=O)CN(c1cccc(OC)c1)S(=O)(=O)c1ccc(C)cc1. The number of carbonyl (C=O) groups excluding carboxylic acids is 2. The number of benzene rings is 3. The van der Waals surface area contributed by atoms with Crippen LogP contribution in [0.15, 0.2) is 77.7 Å².